The highest BCUT2D eigenvalue weighted by Crippen LogP contribution is 2.33. The molecule has 102 heavy (non-hydrogen) atoms. The van der Waals surface area contributed by atoms with E-state index in [0.717, 1.165) is 31.2 Å². The molecule has 2 aliphatic heterocycles. The lowest BCUT2D eigenvalue weighted by Crippen LogP contribution is -2.60. The summed E-state index contributed by atoms with van der Waals surface area (Å²) in [6, 6.07) is 9.35. The average Bonchev–Trinajstić information content (AvgIpc) is 1.32. The van der Waals surface area contributed by atoms with E-state index in [1.807, 2.05) is 90.9 Å². The van der Waals surface area contributed by atoms with Crippen LogP contribution in [0.25, 0.3) is 0 Å². The number of primary amides is 1. The Hall–Kier alpha value is -7.71. The molecule has 2 aromatic rings. The van der Waals surface area contributed by atoms with Gasteiger partial charge in [-0.05, 0) is 119 Å². The van der Waals surface area contributed by atoms with E-state index in [2.05, 4.69) is 63.3 Å². The van der Waals surface area contributed by atoms with Crippen LogP contribution in [-0.2, 0) is 70.4 Å². The van der Waals surface area contributed by atoms with Crippen molar-refractivity contribution in [1.82, 2.24) is 56.8 Å². The van der Waals surface area contributed by atoms with Crippen molar-refractivity contribution < 1.29 is 62.2 Å². The zero-order chi connectivity index (χ0) is 76.1. The molecule has 26 heteroatoms. The number of hydrogen-bond donors (Lipinski definition) is 9. The van der Waals surface area contributed by atoms with Gasteiger partial charge in [0.05, 0.1) is 42.7 Å². The fourth-order valence-electron chi connectivity index (χ4n) is 14.3. The summed E-state index contributed by atoms with van der Waals surface area (Å²) in [5.74, 6) is -5.45. The summed E-state index contributed by atoms with van der Waals surface area (Å²) in [7, 11) is 8.53. The van der Waals surface area contributed by atoms with Gasteiger partial charge in [-0.25, -0.2) is 4.79 Å². The number of likely N-dealkylation sites (tertiary alicyclic amines) is 2. The molecule has 10 N–H and O–H groups in total. The molecule has 26 nitrogen and oxygen atoms in total. The first-order valence-electron chi connectivity index (χ1n) is 37.1. The van der Waals surface area contributed by atoms with Crippen LogP contribution in [0, 0.1) is 35.0 Å². The second-order valence-corrected chi connectivity index (χ2v) is 29.7. The standard InChI is InChI=1S/C76H125N13O13/c1-18-21-38-76(11,12)67(86(13)14)73(98)85-64(48(6)7)74(99)87(15)65(49(8)20-3)59(101-16)45-62(92)89-41-26-30-58(89)66(102-17)51(10)68(93)83-57(44-52-27-23-22-24-28-52)70(95)80-46-53-31-33-55(34-32-53)81-71(96)56(29-25-40-79-75(77)100)82-72(97)63(47(4)5)84-60(90)35-36-61(91)88-42-37-54(43-50(88)9)69(94)78-39-19-2/h22-24,27-28,31-34,47-51,54,56-59,63-67H,18-21,25-26,29-30,35-46H2,1-17H3,(H,78,94)(H,80,95)(H,81,96)(H,82,97)(H,83,93)(H,84,90)(H,85,98)(H3,77,79,100)/t49-,50-,51+,54-,56-,57-,58-,59+,63-,64-,65-,66+,67+/m0/s1. The number of carbonyl (C=O) groups excluding carboxylic acids is 11. The van der Waals surface area contributed by atoms with Gasteiger partial charge in [0.2, 0.25) is 59.1 Å². The molecule has 12 amide bonds. The molecule has 0 aromatic heterocycles. The van der Waals surface area contributed by atoms with Gasteiger partial charge in [-0.3, -0.25) is 52.8 Å². The van der Waals surface area contributed by atoms with Gasteiger partial charge in [-0.2, -0.15) is 0 Å². The highest BCUT2D eigenvalue weighted by molar-refractivity contribution is 5.99. The van der Waals surface area contributed by atoms with E-state index < -0.39 is 102 Å². The molecular weight excluding hydrogens is 1300 g/mol. The van der Waals surface area contributed by atoms with Gasteiger partial charge >= 0.3 is 6.03 Å². The minimum Gasteiger partial charge on any atom is -0.379 e. The van der Waals surface area contributed by atoms with Crippen molar-refractivity contribution in [2.75, 3.05) is 66.9 Å². The molecule has 0 unspecified atom stereocenters. The van der Waals surface area contributed by atoms with E-state index in [9.17, 15) is 52.7 Å². The van der Waals surface area contributed by atoms with Crippen molar-refractivity contribution in [1.29, 1.82) is 0 Å². The topological polar surface area (TPSA) is 341 Å². The molecule has 0 saturated carbocycles. The largest absolute Gasteiger partial charge is 0.379 e. The molecule has 2 aliphatic rings. The highest BCUT2D eigenvalue weighted by atomic mass is 16.5. The van der Waals surface area contributed by atoms with E-state index in [-0.39, 0.29) is 110 Å². The third-order valence-electron chi connectivity index (χ3n) is 20.3. The number of hydrogen-bond acceptors (Lipinski definition) is 14. The number of unbranched alkanes of at least 4 members (excludes halogenated alkanes) is 1. The molecular formula is C76H125N13O13. The number of benzene rings is 2. The van der Waals surface area contributed by atoms with Crippen molar-refractivity contribution >= 4 is 70.8 Å². The van der Waals surface area contributed by atoms with E-state index in [1.54, 1.807) is 66.8 Å². The zero-order valence-electron chi connectivity index (χ0n) is 64.2. The van der Waals surface area contributed by atoms with Crippen LogP contribution in [0.3, 0.4) is 0 Å². The van der Waals surface area contributed by atoms with Gasteiger partial charge in [0, 0.05) is 90.9 Å². The minimum atomic E-state index is -1.13. The first kappa shape index (κ1) is 86.7. The summed E-state index contributed by atoms with van der Waals surface area (Å²) >= 11 is 0. The van der Waals surface area contributed by atoms with Crippen LogP contribution in [0.4, 0.5) is 10.5 Å². The number of nitrogens with zero attached hydrogens (tertiary/aromatic N) is 4. The molecule has 0 spiro atoms. The maximum Gasteiger partial charge on any atom is 0.312 e. The van der Waals surface area contributed by atoms with Crippen molar-refractivity contribution in [2.45, 2.75) is 246 Å². The van der Waals surface area contributed by atoms with E-state index in [0.29, 0.717) is 63.0 Å². The van der Waals surface area contributed by atoms with Crippen molar-refractivity contribution in [3.63, 3.8) is 0 Å². The molecule has 0 bridgehead atoms. The molecule has 2 fully saturated rings. The normalized spacial score (nSPS) is 18.5. The van der Waals surface area contributed by atoms with Crippen molar-refractivity contribution in [3.8, 4) is 0 Å². The Morgan fingerprint density at radius 2 is 1.31 bits per heavy atom. The zero-order valence-corrected chi connectivity index (χ0v) is 64.2. The number of urea groups is 1. The quantitative estimate of drug-likeness (QED) is 0.0335. The number of carbonyl (C=O) groups is 11. The van der Waals surface area contributed by atoms with Crippen LogP contribution in [0.5, 0.6) is 0 Å². The van der Waals surface area contributed by atoms with E-state index in [1.165, 1.54) is 14.2 Å². The molecule has 2 saturated heterocycles. The Morgan fingerprint density at radius 1 is 0.657 bits per heavy atom. The number of anilines is 1. The van der Waals surface area contributed by atoms with Crippen LogP contribution < -0.4 is 48.3 Å². The summed E-state index contributed by atoms with van der Waals surface area (Å²) in [6.45, 7) is 24.8. The Balaban J connectivity index is 1.44. The Morgan fingerprint density at radius 3 is 1.89 bits per heavy atom. The fourth-order valence-corrected chi connectivity index (χ4v) is 14.3. The van der Waals surface area contributed by atoms with Crippen LogP contribution in [0.15, 0.2) is 54.6 Å². The van der Waals surface area contributed by atoms with Crippen molar-refractivity contribution in [2.24, 2.45) is 40.7 Å². The molecule has 0 aliphatic carbocycles. The molecule has 2 aromatic carbocycles. The van der Waals surface area contributed by atoms with Crippen LogP contribution in [0.2, 0.25) is 0 Å². The number of rotatable bonds is 42. The molecule has 13 atom stereocenters. The first-order chi connectivity index (χ1) is 48.2. The van der Waals surface area contributed by atoms with Gasteiger partial charge in [0.25, 0.3) is 0 Å². The third kappa shape index (κ3) is 26.2. The summed E-state index contributed by atoms with van der Waals surface area (Å²) < 4.78 is 12.3. The number of amides is 12. The number of nitrogens with one attached hydrogen (secondary N) is 8. The number of likely N-dealkylation sites (N-methyl/N-ethyl adjacent to an activating group) is 2. The smallest absolute Gasteiger partial charge is 0.312 e. The van der Waals surface area contributed by atoms with Crippen molar-refractivity contribution in [3.05, 3.63) is 65.7 Å². The number of ether oxygens (including phenoxy) is 2. The molecule has 4 rings (SSSR count). The van der Waals surface area contributed by atoms with E-state index >= 15 is 0 Å². The van der Waals surface area contributed by atoms with Gasteiger partial charge in [-0.15, -0.1) is 0 Å². The molecule has 2 heterocycles. The maximum absolute atomic E-state index is 14.8. The molecule has 0 radical (unpaired) electrons. The lowest BCUT2D eigenvalue weighted by Gasteiger charge is -2.42. The molecule has 572 valence electrons. The third-order valence-corrected chi connectivity index (χ3v) is 20.3. The number of nitrogens with two attached hydrogens (primary N) is 1. The van der Waals surface area contributed by atoms with E-state index in [4.69, 9.17) is 15.2 Å². The summed E-state index contributed by atoms with van der Waals surface area (Å²) in [5, 5.41) is 22.9. The first-order valence-corrected chi connectivity index (χ1v) is 37.1. The lowest BCUT2D eigenvalue weighted by molar-refractivity contribution is -0.148. The predicted octanol–water partition coefficient (Wildman–Crippen LogP) is 6.18. The van der Waals surface area contributed by atoms with Crippen LogP contribution in [0.1, 0.15) is 184 Å². The monoisotopic (exact) mass is 1430 g/mol. The summed E-state index contributed by atoms with van der Waals surface area (Å²) in [4.78, 5) is 158. The van der Waals surface area contributed by atoms with Gasteiger partial charge in [0.1, 0.15) is 24.2 Å². The predicted molar refractivity (Wildman–Crippen MR) is 395 cm³/mol. The average molecular weight is 1430 g/mol. The maximum atomic E-state index is 14.8. The number of piperidine rings is 1. The van der Waals surface area contributed by atoms with Crippen LogP contribution in [-0.4, -0.2) is 207 Å². The Labute approximate surface area is 607 Å². The second kappa shape index (κ2) is 42.8. The van der Waals surface area contributed by atoms with Gasteiger partial charge < -0.3 is 72.4 Å². The lowest BCUT2D eigenvalue weighted by atomic mass is 9.78. The van der Waals surface area contributed by atoms with Gasteiger partial charge in [-0.1, -0.05) is 138 Å². The Bertz CT molecular complexity index is 3040. The second-order valence-electron chi connectivity index (χ2n) is 29.7. The fraction of sp³-hybridized carbons (Fsp3) is 0.697. The highest BCUT2D eigenvalue weighted by Gasteiger charge is 2.45. The van der Waals surface area contributed by atoms with Gasteiger partial charge in [0.15, 0.2) is 0 Å². The summed E-state index contributed by atoms with van der Waals surface area (Å²) in [6.07, 6.45) is 5.14. The summed E-state index contributed by atoms with van der Waals surface area (Å²) in [5.41, 5.74) is 6.74. The number of methoxy groups -OCH3 is 2. The van der Waals surface area contributed by atoms with Crippen LogP contribution >= 0.6 is 0 Å². The Kier molecular flexibility index (Phi) is 36.4. The minimum absolute atomic E-state index is 0.0176. The SMILES string of the molecule is CCCCC(C)(C)[C@@H](C(=O)N[C@H](C(=O)N(C)[C@@H]([C@@H](C)CC)[C@@H](CC(=O)N1CCC[C@H]1[C@H](OC)[C@@H](C)C(=O)N[C@@H](Cc1ccccc1)C(=O)NCc1ccc(NC(=O)[C@H](CCCNC(N)=O)NC(=O)[C@@H](NC(=O)CCC(=O)N2CC[C@H](C(=O)NCCC)C[C@@H]2C)C(C)C)cc1)OC)C(C)C)N(C)C.